The van der Waals surface area contributed by atoms with Crippen LogP contribution in [0.2, 0.25) is 10.0 Å². The van der Waals surface area contributed by atoms with E-state index in [0.29, 0.717) is 16.3 Å². The quantitative estimate of drug-likeness (QED) is 0.381. The molecule has 13 heteroatoms. The topological polar surface area (TPSA) is 136 Å². The van der Waals surface area contributed by atoms with Crippen molar-refractivity contribution in [1.82, 2.24) is 14.5 Å². The van der Waals surface area contributed by atoms with E-state index >= 15 is 0 Å². The van der Waals surface area contributed by atoms with Gasteiger partial charge in [0.1, 0.15) is 0 Å². The molecular weight excluding hydrogens is 579 g/mol. The van der Waals surface area contributed by atoms with Crippen molar-refractivity contribution in [3.63, 3.8) is 0 Å². The number of nitrogens with zero attached hydrogens (tertiary/aromatic N) is 2. The molecule has 2 atom stereocenters. The van der Waals surface area contributed by atoms with Crippen LogP contribution in [0.3, 0.4) is 0 Å². The van der Waals surface area contributed by atoms with Crippen molar-refractivity contribution >= 4 is 56.8 Å². The van der Waals surface area contributed by atoms with Crippen LogP contribution in [0.15, 0.2) is 48.5 Å². The molecule has 1 saturated heterocycles. The molecule has 1 aliphatic carbocycles. The van der Waals surface area contributed by atoms with Gasteiger partial charge in [0, 0.05) is 24.8 Å². The first-order valence-corrected chi connectivity index (χ1v) is 15.5. The Morgan fingerprint density at radius 3 is 2.33 bits per heavy atom. The Morgan fingerprint density at radius 1 is 0.975 bits per heavy atom. The largest absolute Gasteiger partial charge is 0.481 e. The van der Waals surface area contributed by atoms with Gasteiger partial charge in [0.15, 0.2) is 6.17 Å². The molecule has 2 aromatic rings. The Balaban J connectivity index is 1.61. The van der Waals surface area contributed by atoms with Gasteiger partial charge in [-0.05, 0) is 42.5 Å². The van der Waals surface area contributed by atoms with Crippen molar-refractivity contribution in [2.75, 3.05) is 18.4 Å². The predicted molar refractivity (Wildman–Crippen MR) is 153 cm³/mol. The molecule has 0 bridgehead atoms. The van der Waals surface area contributed by atoms with Gasteiger partial charge in [-0.1, -0.05) is 72.8 Å². The van der Waals surface area contributed by atoms with Crippen LogP contribution in [0, 0.1) is 5.92 Å². The molecule has 10 nitrogen and oxygen atoms in total. The maximum absolute atomic E-state index is 13.8. The predicted octanol–water partition coefficient (Wildman–Crippen LogP) is 4.54. The van der Waals surface area contributed by atoms with Crippen LogP contribution in [0.4, 0.5) is 10.5 Å². The number of nitrogens with one attached hydrogen (secondary N) is 2. The number of hydrogen-bond donors (Lipinski definition) is 3. The van der Waals surface area contributed by atoms with Gasteiger partial charge in [-0.15, -0.1) is 0 Å². The van der Waals surface area contributed by atoms with Crippen molar-refractivity contribution in [3.05, 3.63) is 64.1 Å². The summed E-state index contributed by atoms with van der Waals surface area (Å²) in [5.74, 6) is -2.22. The molecule has 1 saturated carbocycles. The van der Waals surface area contributed by atoms with Crippen molar-refractivity contribution in [3.8, 4) is 0 Å². The molecular formula is C27H32Cl2N4O6S. The SMILES string of the molecule is O=C(O)CC(NC(=O)C1N(C(=O)Nc2ccc(Cl)c(Cl)c2)CCN1S(=O)(=O)Cc1ccccc1)C1CCCCC1. The summed E-state index contributed by atoms with van der Waals surface area (Å²) in [6, 6.07) is 11.6. The fraction of sp³-hybridized carbons (Fsp3) is 0.444. The van der Waals surface area contributed by atoms with Gasteiger partial charge in [0.05, 0.1) is 22.2 Å². The number of urea groups is 1. The Bertz CT molecular complexity index is 1340. The first-order valence-electron chi connectivity index (χ1n) is 13.1. The normalized spacial score (nSPS) is 19.2. The highest BCUT2D eigenvalue weighted by molar-refractivity contribution is 7.88. The lowest BCUT2D eigenvalue weighted by Gasteiger charge is -2.34. The van der Waals surface area contributed by atoms with Crippen LogP contribution >= 0.6 is 23.2 Å². The van der Waals surface area contributed by atoms with Crippen molar-refractivity contribution in [2.24, 2.45) is 5.92 Å². The zero-order valence-electron chi connectivity index (χ0n) is 21.8. The number of anilines is 1. The lowest BCUT2D eigenvalue weighted by molar-refractivity contribution is -0.138. The van der Waals surface area contributed by atoms with E-state index in [-0.39, 0.29) is 36.2 Å². The van der Waals surface area contributed by atoms with Crippen molar-refractivity contribution in [1.29, 1.82) is 0 Å². The molecule has 216 valence electrons. The molecule has 40 heavy (non-hydrogen) atoms. The van der Waals surface area contributed by atoms with E-state index in [9.17, 15) is 27.9 Å². The third kappa shape index (κ3) is 7.45. The van der Waals surface area contributed by atoms with E-state index < -0.39 is 40.1 Å². The van der Waals surface area contributed by atoms with Crippen LogP contribution in [-0.4, -0.2) is 65.9 Å². The highest BCUT2D eigenvalue weighted by Gasteiger charge is 2.47. The number of carbonyl (C=O) groups excluding carboxylic acids is 2. The summed E-state index contributed by atoms with van der Waals surface area (Å²) < 4.78 is 28.1. The first-order chi connectivity index (χ1) is 19.0. The number of sulfonamides is 1. The van der Waals surface area contributed by atoms with Gasteiger partial charge in [-0.2, -0.15) is 4.31 Å². The molecule has 1 aliphatic heterocycles. The fourth-order valence-electron chi connectivity index (χ4n) is 5.34. The minimum atomic E-state index is -4.05. The molecule has 2 fully saturated rings. The highest BCUT2D eigenvalue weighted by Crippen LogP contribution is 2.30. The summed E-state index contributed by atoms with van der Waals surface area (Å²) in [5, 5.41) is 15.5. The average molecular weight is 612 g/mol. The second-order valence-corrected chi connectivity index (χ2v) is 12.8. The van der Waals surface area contributed by atoms with E-state index in [1.165, 1.54) is 18.2 Å². The van der Waals surface area contributed by atoms with Crippen LogP contribution in [0.5, 0.6) is 0 Å². The average Bonchev–Trinajstić information content (AvgIpc) is 3.38. The number of carboxylic acids is 1. The smallest absolute Gasteiger partial charge is 0.323 e. The van der Waals surface area contributed by atoms with E-state index in [4.69, 9.17) is 23.2 Å². The Hall–Kier alpha value is -2.86. The van der Waals surface area contributed by atoms with Crippen LogP contribution in [0.25, 0.3) is 0 Å². The van der Waals surface area contributed by atoms with E-state index in [0.717, 1.165) is 41.3 Å². The molecule has 0 spiro atoms. The standard InChI is InChI=1S/C27H32Cl2N4O6S/c28-21-12-11-20(15-22(21)29)30-27(37)32-13-14-33(40(38,39)17-18-7-3-1-4-8-18)26(32)25(36)31-23(16-24(34)35)19-9-5-2-6-10-19/h1,3-4,7-8,11-12,15,19,23,26H,2,5-6,9-10,13-14,16-17H2,(H,30,37)(H,31,36)(H,34,35). The molecule has 4 rings (SSSR count). The monoisotopic (exact) mass is 610 g/mol. The summed E-state index contributed by atoms with van der Waals surface area (Å²) in [6.45, 7) is -0.151. The zero-order chi connectivity index (χ0) is 28.9. The summed E-state index contributed by atoms with van der Waals surface area (Å²) in [5.41, 5.74) is 0.849. The second kappa shape index (κ2) is 13.2. The number of carbonyl (C=O) groups is 3. The Kier molecular flexibility index (Phi) is 9.94. The number of hydrogen-bond acceptors (Lipinski definition) is 5. The number of aliphatic carboxylic acids is 1. The molecule has 2 unspecified atom stereocenters. The first kappa shape index (κ1) is 30.1. The van der Waals surface area contributed by atoms with Crippen LogP contribution in [0.1, 0.15) is 44.1 Å². The van der Waals surface area contributed by atoms with Gasteiger partial charge < -0.3 is 15.7 Å². The van der Waals surface area contributed by atoms with Crippen LogP contribution < -0.4 is 10.6 Å². The third-order valence-electron chi connectivity index (χ3n) is 7.29. The molecule has 3 N–H and O–H groups in total. The van der Waals surface area contributed by atoms with Gasteiger partial charge in [-0.25, -0.2) is 13.2 Å². The Morgan fingerprint density at radius 2 is 1.68 bits per heavy atom. The molecule has 0 aromatic heterocycles. The summed E-state index contributed by atoms with van der Waals surface area (Å²) in [6.07, 6.45) is 2.62. The maximum Gasteiger partial charge on any atom is 0.323 e. The van der Waals surface area contributed by atoms with E-state index in [1.807, 2.05) is 0 Å². The second-order valence-electron chi connectivity index (χ2n) is 10.1. The molecule has 0 radical (unpaired) electrons. The van der Waals surface area contributed by atoms with Gasteiger partial charge >= 0.3 is 12.0 Å². The molecule has 3 amide bonds. The van der Waals surface area contributed by atoms with E-state index in [1.54, 1.807) is 30.3 Å². The van der Waals surface area contributed by atoms with Gasteiger partial charge in [-0.3, -0.25) is 14.5 Å². The summed E-state index contributed by atoms with van der Waals surface area (Å²) >= 11 is 12.0. The lowest BCUT2D eigenvalue weighted by Crippen LogP contribution is -2.57. The number of carboxylic acid groups (broad SMARTS) is 1. The van der Waals surface area contributed by atoms with Crippen LogP contribution in [-0.2, 0) is 25.4 Å². The lowest BCUT2D eigenvalue weighted by atomic mass is 9.82. The minimum absolute atomic E-state index is 0.0493. The molecule has 1 heterocycles. The fourth-order valence-corrected chi connectivity index (χ4v) is 7.29. The van der Waals surface area contributed by atoms with E-state index in [2.05, 4.69) is 10.6 Å². The van der Waals surface area contributed by atoms with Gasteiger partial charge in [0.2, 0.25) is 10.0 Å². The third-order valence-corrected chi connectivity index (χ3v) is 9.82. The minimum Gasteiger partial charge on any atom is -0.481 e. The molecule has 2 aromatic carbocycles. The number of benzene rings is 2. The summed E-state index contributed by atoms with van der Waals surface area (Å²) in [7, 11) is -4.05. The number of halogens is 2. The maximum atomic E-state index is 13.8. The molecule has 2 aliphatic rings. The van der Waals surface area contributed by atoms with Crippen molar-refractivity contribution < 1.29 is 27.9 Å². The zero-order valence-corrected chi connectivity index (χ0v) is 24.1. The van der Waals surface area contributed by atoms with Crippen molar-refractivity contribution in [2.45, 2.75) is 56.5 Å². The highest BCUT2D eigenvalue weighted by atomic mass is 35.5. The number of amides is 3. The summed E-state index contributed by atoms with van der Waals surface area (Å²) in [4.78, 5) is 39.9. The number of rotatable bonds is 9. The van der Waals surface area contributed by atoms with Gasteiger partial charge in [0.25, 0.3) is 5.91 Å². The Labute approximate surface area is 243 Å².